The molecule has 12 heavy (non-hydrogen) atoms. The van der Waals surface area contributed by atoms with Crippen LogP contribution in [0, 0.1) is 5.41 Å². The van der Waals surface area contributed by atoms with Gasteiger partial charge in [0.15, 0.2) is 0 Å². The van der Waals surface area contributed by atoms with Crippen LogP contribution in [0.25, 0.3) is 0 Å². The number of rotatable bonds is 2. The van der Waals surface area contributed by atoms with E-state index in [-0.39, 0.29) is 6.54 Å². The van der Waals surface area contributed by atoms with Crippen LogP contribution in [0.15, 0.2) is 0 Å². The van der Waals surface area contributed by atoms with Crippen molar-refractivity contribution in [1.29, 1.82) is 0 Å². The second kappa shape index (κ2) is 2.95. The van der Waals surface area contributed by atoms with Gasteiger partial charge in [0.25, 0.3) is 6.43 Å². The van der Waals surface area contributed by atoms with Gasteiger partial charge in [-0.1, -0.05) is 6.42 Å². The maximum atomic E-state index is 12.0. The first kappa shape index (κ1) is 8.42. The molecule has 2 rings (SSSR count). The van der Waals surface area contributed by atoms with Gasteiger partial charge in [-0.25, -0.2) is 8.78 Å². The molecule has 0 atom stereocenters. The van der Waals surface area contributed by atoms with Gasteiger partial charge in [-0.3, -0.25) is 4.90 Å². The molecule has 70 valence electrons. The molecule has 1 spiro atoms. The maximum absolute atomic E-state index is 12.0. The van der Waals surface area contributed by atoms with Crippen LogP contribution in [0.2, 0.25) is 0 Å². The first-order valence-corrected chi connectivity index (χ1v) is 4.71. The Morgan fingerprint density at radius 2 is 2.00 bits per heavy atom. The van der Waals surface area contributed by atoms with E-state index in [0.717, 1.165) is 19.5 Å². The van der Waals surface area contributed by atoms with Crippen molar-refractivity contribution in [1.82, 2.24) is 4.90 Å². The Morgan fingerprint density at radius 3 is 2.42 bits per heavy atom. The number of likely N-dealkylation sites (tertiary alicyclic amines) is 1. The molecule has 0 radical (unpaired) electrons. The smallest absolute Gasteiger partial charge is 0.251 e. The fraction of sp³-hybridized carbons (Fsp3) is 1.00. The third-order valence-corrected chi connectivity index (χ3v) is 3.33. The lowest BCUT2D eigenvalue weighted by Gasteiger charge is -2.38. The molecule has 1 saturated carbocycles. The van der Waals surface area contributed by atoms with E-state index < -0.39 is 6.43 Å². The molecule has 0 bridgehead atoms. The monoisotopic (exact) mass is 175 g/mol. The lowest BCUT2D eigenvalue weighted by atomic mass is 9.68. The van der Waals surface area contributed by atoms with Crippen molar-refractivity contribution in [3.8, 4) is 0 Å². The van der Waals surface area contributed by atoms with Gasteiger partial charge < -0.3 is 0 Å². The van der Waals surface area contributed by atoms with E-state index in [1.807, 2.05) is 4.90 Å². The van der Waals surface area contributed by atoms with Crippen molar-refractivity contribution < 1.29 is 8.78 Å². The maximum Gasteiger partial charge on any atom is 0.251 e. The van der Waals surface area contributed by atoms with Crippen molar-refractivity contribution in [3.63, 3.8) is 0 Å². The average molecular weight is 175 g/mol. The van der Waals surface area contributed by atoms with Crippen LogP contribution >= 0.6 is 0 Å². The van der Waals surface area contributed by atoms with Crippen molar-refractivity contribution in [2.45, 2.75) is 32.1 Å². The van der Waals surface area contributed by atoms with E-state index in [2.05, 4.69) is 0 Å². The topological polar surface area (TPSA) is 3.24 Å². The Labute approximate surface area is 71.7 Å². The van der Waals surface area contributed by atoms with E-state index in [1.165, 1.54) is 19.3 Å². The molecule has 0 N–H and O–H groups in total. The van der Waals surface area contributed by atoms with Gasteiger partial charge >= 0.3 is 0 Å². The predicted octanol–water partition coefficient (Wildman–Crippen LogP) is 2.13. The fourth-order valence-corrected chi connectivity index (χ4v) is 2.46. The summed E-state index contributed by atoms with van der Waals surface area (Å²) in [5.74, 6) is 0. The van der Waals surface area contributed by atoms with Crippen molar-refractivity contribution >= 4 is 0 Å². The highest BCUT2D eigenvalue weighted by atomic mass is 19.3. The molecule has 1 aliphatic heterocycles. The van der Waals surface area contributed by atoms with E-state index in [9.17, 15) is 8.78 Å². The second-order valence-corrected chi connectivity index (χ2v) is 4.23. The van der Waals surface area contributed by atoms with Gasteiger partial charge in [0, 0.05) is 6.54 Å². The minimum atomic E-state index is -2.15. The Kier molecular flexibility index (Phi) is 2.07. The summed E-state index contributed by atoms with van der Waals surface area (Å²) in [5.41, 5.74) is 0.467. The lowest BCUT2D eigenvalue weighted by molar-refractivity contribution is 0.0803. The largest absolute Gasteiger partial charge is 0.297 e. The zero-order chi connectivity index (χ0) is 8.60. The van der Waals surface area contributed by atoms with Crippen LogP contribution in [0.5, 0.6) is 0 Å². The summed E-state index contributed by atoms with van der Waals surface area (Å²) in [4.78, 5) is 1.92. The van der Waals surface area contributed by atoms with Crippen LogP contribution < -0.4 is 0 Å². The highest BCUT2D eigenvalue weighted by Gasteiger charge is 2.42. The number of hydrogen-bond donors (Lipinski definition) is 0. The van der Waals surface area contributed by atoms with Crippen LogP contribution in [-0.4, -0.2) is 31.0 Å². The summed E-state index contributed by atoms with van der Waals surface area (Å²) < 4.78 is 24.0. The normalized spacial score (nSPS) is 28.2. The highest BCUT2D eigenvalue weighted by molar-refractivity contribution is 4.95. The summed E-state index contributed by atoms with van der Waals surface area (Å²) in [6.07, 6.45) is 2.85. The zero-order valence-corrected chi connectivity index (χ0v) is 7.23. The molecule has 0 aromatic carbocycles. The number of halogens is 2. The summed E-state index contributed by atoms with van der Waals surface area (Å²) in [7, 11) is 0. The Bertz CT molecular complexity index is 166. The standard InChI is InChI=1S/C9H15F2N/c10-8(11)6-12-5-4-9(7-12)2-1-3-9/h8H,1-7H2. The van der Waals surface area contributed by atoms with E-state index in [0.29, 0.717) is 5.41 Å². The quantitative estimate of drug-likeness (QED) is 0.621. The molecule has 1 saturated heterocycles. The van der Waals surface area contributed by atoms with Crippen LogP contribution in [-0.2, 0) is 0 Å². The van der Waals surface area contributed by atoms with E-state index >= 15 is 0 Å². The third-order valence-electron chi connectivity index (χ3n) is 3.33. The fourth-order valence-electron chi connectivity index (χ4n) is 2.46. The Hall–Kier alpha value is -0.180. The van der Waals surface area contributed by atoms with Crippen molar-refractivity contribution in [2.24, 2.45) is 5.41 Å². The average Bonchev–Trinajstić information content (AvgIpc) is 2.29. The van der Waals surface area contributed by atoms with Crippen LogP contribution in [0.4, 0.5) is 8.78 Å². The molecule has 2 aliphatic rings. The predicted molar refractivity (Wildman–Crippen MR) is 43.3 cm³/mol. The van der Waals surface area contributed by atoms with Gasteiger partial charge in [0.05, 0.1) is 6.54 Å². The first-order valence-electron chi connectivity index (χ1n) is 4.71. The molecule has 0 aromatic heterocycles. The highest BCUT2D eigenvalue weighted by Crippen LogP contribution is 2.47. The minimum absolute atomic E-state index is 0.0122. The van der Waals surface area contributed by atoms with Gasteiger partial charge in [-0.2, -0.15) is 0 Å². The van der Waals surface area contributed by atoms with Gasteiger partial charge in [0.2, 0.25) is 0 Å². The Balaban J connectivity index is 1.81. The SMILES string of the molecule is FC(F)CN1CCC2(CCC2)C1. The van der Waals surface area contributed by atoms with Crippen LogP contribution in [0.1, 0.15) is 25.7 Å². The second-order valence-electron chi connectivity index (χ2n) is 4.23. The van der Waals surface area contributed by atoms with E-state index in [1.54, 1.807) is 0 Å². The van der Waals surface area contributed by atoms with Gasteiger partial charge in [-0.15, -0.1) is 0 Å². The molecule has 3 heteroatoms. The molecule has 1 heterocycles. The van der Waals surface area contributed by atoms with Crippen molar-refractivity contribution in [3.05, 3.63) is 0 Å². The summed E-state index contributed by atoms with van der Waals surface area (Å²) in [6, 6.07) is 0. The number of hydrogen-bond acceptors (Lipinski definition) is 1. The summed E-state index contributed by atoms with van der Waals surface area (Å²) in [6.45, 7) is 1.81. The molecule has 1 aliphatic carbocycles. The minimum Gasteiger partial charge on any atom is -0.297 e. The molecule has 0 aromatic rings. The Morgan fingerprint density at radius 1 is 1.25 bits per heavy atom. The molecular formula is C9H15F2N. The summed E-state index contributed by atoms with van der Waals surface area (Å²) >= 11 is 0. The van der Waals surface area contributed by atoms with Crippen LogP contribution in [0.3, 0.4) is 0 Å². The first-order chi connectivity index (χ1) is 5.70. The van der Waals surface area contributed by atoms with Crippen molar-refractivity contribution in [2.75, 3.05) is 19.6 Å². The molecular weight excluding hydrogens is 160 g/mol. The number of nitrogens with zero attached hydrogens (tertiary/aromatic N) is 1. The zero-order valence-electron chi connectivity index (χ0n) is 7.23. The lowest BCUT2D eigenvalue weighted by Crippen LogP contribution is -2.34. The molecule has 2 fully saturated rings. The van der Waals surface area contributed by atoms with Gasteiger partial charge in [-0.05, 0) is 31.2 Å². The third kappa shape index (κ3) is 1.47. The molecule has 1 nitrogen and oxygen atoms in total. The summed E-state index contributed by atoms with van der Waals surface area (Å²) in [5, 5.41) is 0. The van der Waals surface area contributed by atoms with E-state index in [4.69, 9.17) is 0 Å². The molecule has 0 unspecified atom stereocenters. The van der Waals surface area contributed by atoms with Gasteiger partial charge in [0.1, 0.15) is 0 Å². The molecule has 0 amide bonds. The number of alkyl halides is 2.